The highest BCUT2D eigenvalue weighted by Gasteiger charge is 2.13. The third-order valence-corrected chi connectivity index (χ3v) is 3.55. The van der Waals surface area contributed by atoms with E-state index in [4.69, 9.17) is 27.9 Å². The molecule has 1 amide bonds. The third kappa shape index (κ3) is 5.47. The number of carbonyl (C=O) groups is 1. The minimum absolute atomic E-state index is 0.101. The summed E-state index contributed by atoms with van der Waals surface area (Å²) < 4.78 is 5.45. The number of aromatic hydroxyl groups is 1. The van der Waals surface area contributed by atoms with E-state index in [1.165, 1.54) is 0 Å². The molecular formula is C15H13Cl2N3O5. The van der Waals surface area contributed by atoms with E-state index in [0.29, 0.717) is 22.2 Å². The number of carbonyl (C=O) groups excluding carboxylic acids is 1. The molecule has 0 aliphatic carbocycles. The van der Waals surface area contributed by atoms with Crippen molar-refractivity contribution >= 4 is 40.6 Å². The summed E-state index contributed by atoms with van der Waals surface area (Å²) in [4.78, 5) is 25.3. The Morgan fingerprint density at radius 1 is 1.36 bits per heavy atom. The molecule has 0 aliphatic rings. The zero-order chi connectivity index (χ0) is 18.4. The lowest BCUT2D eigenvalue weighted by Gasteiger charge is -2.09. The largest absolute Gasteiger partial charge is 0.504 e. The monoisotopic (exact) mass is 385 g/mol. The Balaban J connectivity index is 1.80. The summed E-state index contributed by atoms with van der Waals surface area (Å²) in [7, 11) is 0. The predicted molar refractivity (Wildman–Crippen MR) is 92.4 cm³/mol. The van der Waals surface area contributed by atoms with Crippen LogP contribution in [-0.4, -0.2) is 27.5 Å². The fraction of sp³-hybridized carbons (Fsp3) is 0.200. The van der Waals surface area contributed by atoms with E-state index in [2.05, 4.69) is 10.3 Å². The lowest BCUT2D eigenvalue weighted by Crippen LogP contribution is -2.14. The Bertz CT molecular complexity index is 801. The molecule has 2 aromatic rings. The molecule has 0 radical (unpaired) electrons. The number of hydrogen-bond donors (Lipinski definition) is 2. The van der Waals surface area contributed by atoms with Gasteiger partial charge in [-0.1, -0.05) is 23.2 Å². The van der Waals surface area contributed by atoms with Crippen molar-refractivity contribution < 1.29 is 19.6 Å². The van der Waals surface area contributed by atoms with Gasteiger partial charge in [-0.05, 0) is 24.6 Å². The maximum Gasteiger partial charge on any atom is 0.291 e. The number of benzene rings is 1. The van der Waals surface area contributed by atoms with Crippen molar-refractivity contribution in [2.75, 3.05) is 11.9 Å². The number of pyridine rings is 1. The van der Waals surface area contributed by atoms with Crippen LogP contribution in [0.4, 0.5) is 11.5 Å². The van der Waals surface area contributed by atoms with Gasteiger partial charge in [0.15, 0.2) is 11.6 Å². The molecule has 1 aromatic carbocycles. The first-order chi connectivity index (χ1) is 11.9. The van der Waals surface area contributed by atoms with Gasteiger partial charge in [0.2, 0.25) is 5.91 Å². The summed E-state index contributed by atoms with van der Waals surface area (Å²) >= 11 is 11.7. The van der Waals surface area contributed by atoms with Gasteiger partial charge in [-0.3, -0.25) is 14.9 Å². The number of halogens is 2. The van der Waals surface area contributed by atoms with Crippen LogP contribution in [0.1, 0.15) is 12.8 Å². The molecular weight excluding hydrogens is 373 g/mol. The number of aromatic nitrogens is 1. The predicted octanol–water partition coefficient (Wildman–Crippen LogP) is 3.80. The Morgan fingerprint density at radius 3 is 2.76 bits per heavy atom. The van der Waals surface area contributed by atoms with Crippen LogP contribution in [-0.2, 0) is 4.79 Å². The molecule has 2 N–H and O–H groups in total. The molecule has 0 saturated heterocycles. The second-order valence-corrected chi connectivity index (χ2v) is 5.74. The molecule has 8 nitrogen and oxygen atoms in total. The van der Waals surface area contributed by atoms with Crippen LogP contribution in [0, 0.1) is 10.1 Å². The van der Waals surface area contributed by atoms with E-state index in [-0.39, 0.29) is 24.5 Å². The van der Waals surface area contributed by atoms with Crippen molar-refractivity contribution in [3.8, 4) is 11.5 Å². The Hall–Kier alpha value is -2.58. The number of hydrogen-bond acceptors (Lipinski definition) is 6. The van der Waals surface area contributed by atoms with Crippen LogP contribution in [0.25, 0.3) is 0 Å². The van der Waals surface area contributed by atoms with Crippen LogP contribution < -0.4 is 10.1 Å². The first kappa shape index (κ1) is 18.8. The van der Waals surface area contributed by atoms with Gasteiger partial charge in [0.1, 0.15) is 11.9 Å². The van der Waals surface area contributed by atoms with Crippen LogP contribution in [0.2, 0.25) is 10.0 Å². The molecule has 0 aliphatic heterocycles. The first-order valence-electron chi connectivity index (χ1n) is 7.08. The number of nitrogens with one attached hydrogen (secondary N) is 1. The molecule has 132 valence electrons. The Kier molecular flexibility index (Phi) is 6.37. The van der Waals surface area contributed by atoms with Crippen molar-refractivity contribution in [1.82, 2.24) is 4.98 Å². The van der Waals surface area contributed by atoms with Gasteiger partial charge in [0, 0.05) is 11.4 Å². The summed E-state index contributed by atoms with van der Waals surface area (Å²) in [5, 5.41) is 23.4. The van der Waals surface area contributed by atoms with Gasteiger partial charge in [-0.15, -0.1) is 0 Å². The van der Waals surface area contributed by atoms with Gasteiger partial charge in [0.05, 0.1) is 22.6 Å². The lowest BCUT2D eigenvalue weighted by atomic mass is 10.3. The molecule has 10 heteroatoms. The van der Waals surface area contributed by atoms with Crippen molar-refractivity contribution in [3.05, 3.63) is 50.6 Å². The summed E-state index contributed by atoms with van der Waals surface area (Å²) in [6.07, 6.45) is 1.43. The van der Waals surface area contributed by atoms with E-state index in [1.807, 2.05) is 0 Å². The van der Waals surface area contributed by atoms with Gasteiger partial charge < -0.3 is 15.2 Å². The van der Waals surface area contributed by atoms with E-state index in [9.17, 15) is 20.0 Å². The molecule has 1 heterocycles. The maximum atomic E-state index is 11.8. The number of amides is 1. The molecule has 0 spiro atoms. The minimum atomic E-state index is -0.697. The molecule has 0 atom stereocenters. The highest BCUT2D eigenvalue weighted by molar-refractivity contribution is 6.35. The maximum absolute atomic E-state index is 11.8. The molecule has 0 unspecified atom stereocenters. The summed E-state index contributed by atoms with van der Waals surface area (Å²) in [5.74, 6) is -0.576. The van der Waals surface area contributed by atoms with Crippen LogP contribution in [0.5, 0.6) is 11.5 Å². The third-order valence-electron chi connectivity index (χ3n) is 3.02. The lowest BCUT2D eigenvalue weighted by molar-refractivity contribution is -0.385. The number of nitro groups is 1. The van der Waals surface area contributed by atoms with Gasteiger partial charge >= 0.3 is 0 Å². The average Bonchev–Trinajstić information content (AvgIpc) is 2.55. The Morgan fingerprint density at radius 2 is 2.12 bits per heavy atom. The molecule has 0 saturated carbocycles. The normalized spacial score (nSPS) is 10.3. The second kappa shape index (κ2) is 8.50. The molecule has 0 fully saturated rings. The highest BCUT2D eigenvalue weighted by Crippen LogP contribution is 2.28. The van der Waals surface area contributed by atoms with E-state index < -0.39 is 16.6 Å². The zero-order valence-electron chi connectivity index (χ0n) is 12.7. The SMILES string of the molecule is O=C(CCCOc1ccc(Cl)cc1Cl)Nc1ncc([N+](=O)[O-])cc1O. The first-order valence-corrected chi connectivity index (χ1v) is 7.83. The smallest absolute Gasteiger partial charge is 0.291 e. The van der Waals surface area contributed by atoms with Gasteiger partial charge in [-0.2, -0.15) is 0 Å². The van der Waals surface area contributed by atoms with Gasteiger partial charge in [-0.25, -0.2) is 4.98 Å². The summed E-state index contributed by atoms with van der Waals surface area (Å²) in [5.41, 5.74) is -0.372. The van der Waals surface area contributed by atoms with Crippen molar-refractivity contribution in [2.24, 2.45) is 0 Å². The topological polar surface area (TPSA) is 115 Å². The van der Waals surface area contributed by atoms with E-state index >= 15 is 0 Å². The van der Waals surface area contributed by atoms with Crippen molar-refractivity contribution in [2.45, 2.75) is 12.8 Å². The fourth-order valence-corrected chi connectivity index (χ4v) is 2.30. The molecule has 25 heavy (non-hydrogen) atoms. The van der Waals surface area contributed by atoms with E-state index in [0.717, 1.165) is 12.3 Å². The van der Waals surface area contributed by atoms with E-state index in [1.54, 1.807) is 18.2 Å². The van der Waals surface area contributed by atoms with Crippen LogP contribution >= 0.6 is 23.2 Å². The Labute approximate surface area is 152 Å². The van der Waals surface area contributed by atoms with Gasteiger partial charge in [0.25, 0.3) is 5.69 Å². The second-order valence-electron chi connectivity index (χ2n) is 4.89. The van der Waals surface area contributed by atoms with Crippen molar-refractivity contribution in [3.63, 3.8) is 0 Å². The minimum Gasteiger partial charge on any atom is -0.504 e. The zero-order valence-corrected chi connectivity index (χ0v) is 14.3. The fourth-order valence-electron chi connectivity index (χ4n) is 1.84. The van der Waals surface area contributed by atoms with Crippen LogP contribution in [0.15, 0.2) is 30.5 Å². The quantitative estimate of drug-likeness (QED) is 0.425. The molecule has 2 rings (SSSR count). The molecule has 0 bridgehead atoms. The molecule has 1 aromatic heterocycles. The average molecular weight is 386 g/mol. The van der Waals surface area contributed by atoms with Crippen molar-refractivity contribution in [1.29, 1.82) is 0 Å². The van der Waals surface area contributed by atoms with Crippen LogP contribution in [0.3, 0.4) is 0 Å². The highest BCUT2D eigenvalue weighted by atomic mass is 35.5. The number of rotatable bonds is 7. The number of anilines is 1. The standard InChI is InChI=1S/C15H13Cl2N3O5/c16-9-3-4-13(11(17)6-9)25-5-1-2-14(22)19-15-12(21)7-10(8-18-15)20(23)24/h3-4,6-8,21H,1-2,5H2,(H,18,19,22). The summed E-state index contributed by atoms with van der Waals surface area (Å²) in [6.45, 7) is 0.244. The number of ether oxygens (including phenoxy) is 1. The summed E-state index contributed by atoms with van der Waals surface area (Å²) in [6, 6.07) is 5.73. The number of nitrogens with zero attached hydrogens (tertiary/aromatic N) is 2.